The summed E-state index contributed by atoms with van der Waals surface area (Å²) in [6.07, 6.45) is 3.03. The maximum atomic E-state index is 10.9. The first kappa shape index (κ1) is 24.1. The smallest absolute Gasteiger partial charge is 0.321 e. The van der Waals surface area contributed by atoms with Gasteiger partial charge in [-0.25, -0.2) is 4.98 Å². The molecule has 0 aliphatic heterocycles. The Balaban J connectivity index is 1.51. The first-order chi connectivity index (χ1) is 16.7. The van der Waals surface area contributed by atoms with Gasteiger partial charge in [-0.3, -0.25) is 10.1 Å². The molecule has 0 fully saturated rings. The molecular weight excluding hydrogens is 446 g/mol. The molecule has 0 aliphatic carbocycles. The molecule has 0 saturated heterocycles. The Hall–Kier alpha value is -4.01. The van der Waals surface area contributed by atoms with Crippen molar-refractivity contribution in [2.24, 2.45) is 0 Å². The topological polar surface area (TPSA) is 105 Å². The number of non-ortho nitro benzene ring substituents is 1. The van der Waals surface area contributed by atoms with Crippen LogP contribution in [0.15, 0.2) is 54.9 Å². The predicted molar refractivity (Wildman–Crippen MR) is 133 cm³/mol. The molecule has 0 bridgehead atoms. The SMILES string of the molecule is Cc1ccc(CCOc2nc(OCCc3ccc([N+](=O)[O-])cc3)c3ncn(C(C)(C)C)c3n2)cc1. The molecule has 9 nitrogen and oxygen atoms in total. The summed E-state index contributed by atoms with van der Waals surface area (Å²) < 4.78 is 13.9. The highest BCUT2D eigenvalue weighted by atomic mass is 16.6. The highest BCUT2D eigenvalue weighted by Gasteiger charge is 2.22. The molecule has 0 saturated carbocycles. The molecule has 9 heteroatoms. The van der Waals surface area contributed by atoms with Crippen molar-refractivity contribution >= 4 is 16.9 Å². The van der Waals surface area contributed by atoms with Crippen LogP contribution < -0.4 is 9.47 Å². The zero-order valence-corrected chi connectivity index (χ0v) is 20.4. The van der Waals surface area contributed by atoms with E-state index in [0.717, 1.165) is 12.0 Å². The lowest BCUT2D eigenvalue weighted by atomic mass is 10.1. The molecule has 4 aromatic rings. The van der Waals surface area contributed by atoms with Crippen molar-refractivity contribution in [3.05, 3.63) is 81.7 Å². The van der Waals surface area contributed by atoms with Gasteiger partial charge in [0.25, 0.3) is 5.69 Å². The molecule has 0 atom stereocenters. The third-order valence-corrected chi connectivity index (χ3v) is 5.59. The summed E-state index contributed by atoms with van der Waals surface area (Å²) in [5, 5.41) is 10.9. The van der Waals surface area contributed by atoms with Gasteiger partial charge in [0, 0.05) is 30.5 Å². The van der Waals surface area contributed by atoms with Crippen LogP contribution in [-0.2, 0) is 18.4 Å². The number of aromatic nitrogens is 4. The average molecular weight is 476 g/mol. The number of fused-ring (bicyclic) bond motifs is 1. The molecule has 0 aliphatic rings. The molecule has 0 N–H and O–H groups in total. The molecular formula is C26H29N5O4. The first-order valence-corrected chi connectivity index (χ1v) is 11.5. The van der Waals surface area contributed by atoms with E-state index < -0.39 is 4.92 Å². The zero-order valence-electron chi connectivity index (χ0n) is 20.4. The van der Waals surface area contributed by atoms with E-state index in [1.807, 2.05) is 4.57 Å². The van der Waals surface area contributed by atoms with Crippen LogP contribution in [0.2, 0.25) is 0 Å². The number of nitrogens with zero attached hydrogens (tertiary/aromatic N) is 5. The Morgan fingerprint density at radius 3 is 2.11 bits per heavy atom. The molecule has 182 valence electrons. The van der Waals surface area contributed by atoms with Crippen molar-refractivity contribution in [3.8, 4) is 11.9 Å². The van der Waals surface area contributed by atoms with Gasteiger partial charge in [0.05, 0.1) is 24.5 Å². The van der Waals surface area contributed by atoms with Gasteiger partial charge in [-0.2, -0.15) is 9.97 Å². The summed E-state index contributed by atoms with van der Waals surface area (Å²) in [6, 6.07) is 15.0. The largest absolute Gasteiger partial charge is 0.476 e. The Bertz CT molecular complexity index is 1310. The first-order valence-electron chi connectivity index (χ1n) is 11.5. The van der Waals surface area contributed by atoms with Crippen LogP contribution >= 0.6 is 0 Å². The molecule has 2 aromatic carbocycles. The molecule has 35 heavy (non-hydrogen) atoms. The maximum Gasteiger partial charge on any atom is 0.321 e. The molecule has 0 radical (unpaired) electrons. The lowest BCUT2D eigenvalue weighted by molar-refractivity contribution is -0.384. The number of hydrogen-bond acceptors (Lipinski definition) is 7. The van der Waals surface area contributed by atoms with E-state index in [2.05, 4.69) is 66.9 Å². The zero-order chi connectivity index (χ0) is 25.0. The van der Waals surface area contributed by atoms with Crippen LogP contribution in [-0.4, -0.2) is 37.7 Å². The van der Waals surface area contributed by atoms with E-state index in [1.165, 1.54) is 23.3 Å². The standard InChI is InChI=1S/C26H29N5O4/c1-18-5-7-19(8-6-18)14-16-35-25-28-23-22(27-17-30(23)26(2,3)4)24(29-25)34-15-13-20-9-11-21(12-10-20)31(32)33/h5-12,17H,13-16H2,1-4H3. The van der Waals surface area contributed by atoms with Crippen LogP contribution in [0.25, 0.3) is 11.2 Å². The number of nitro benzene ring substituents is 1. The third-order valence-electron chi connectivity index (χ3n) is 5.59. The summed E-state index contributed by atoms with van der Waals surface area (Å²) in [7, 11) is 0. The van der Waals surface area contributed by atoms with E-state index in [0.29, 0.717) is 36.7 Å². The summed E-state index contributed by atoms with van der Waals surface area (Å²) in [6.45, 7) is 9.04. The second kappa shape index (κ2) is 10.1. The highest BCUT2D eigenvalue weighted by Crippen LogP contribution is 2.28. The third kappa shape index (κ3) is 5.92. The van der Waals surface area contributed by atoms with Gasteiger partial charge in [-0.1, -0.05) is 42.0 Å². The van der Waals surface area contributed by atoms with E-state index in [-0.39, 0.29) is 17.2 Å². The van der Waals surface area contributed by atoms with Crippen molar-refractivity contribution in [1.82, 2.24) is 19.5 Å². The van der Waals surface area contributed by atoms with E-state index in [1.54, 1.807) is 18.5 Å². The van der Waals surface area contributed by atoms with Gasteiger partial charge in [0.2, 0.25) is 5.88 Å². The molecule has 2 heterocycles. The van der Waals surface area contributed by atoms with Gasteiger partial charge in [0.1, 0.15) is 0 Å². The van der Waals surface area contributed by atoms with Crippen LogP contribution in [0, 0.1) is 17.0 Å². The molecule has 0 unspecified atom stereocenters. The highest BCUT2D eigenvalue weighted by molar-refractivity contribution is 5.77. The minimum absolute atomic E-state index is 0.0623. The van der Waals surface area contributed by atoms with Crippen molar-refractivity contribution in [1.29, 1.82) is 0 Å². The summed E-state index contributed by atoms with van der Waals surface area (Å²) in [5.41, 5.74) is 4.35. The van der Waals surface area contributed by atoms with Crippen molar-refractivity contribution in [3.63, 3.8) is 0 Å². The fourth-order valence-electron chi connectivity index (χ4n) is 3.58. The minimum Gasteiger partial charge on any atom is -0.476 e. The fraction of sp³-hybridized carbons (Fsp3) is 0.346. The van der Waals surface area contributed by atoms with E-state index in [9.17, 15) is 10.1 Å². The number of rotatable bonds is 9. The number of benzene rings is 2. The van der Waals surface area contributed by atoms with Crippen LogP contribution in [0.5, 0.6) is 11.9 Å². The molecule has 4 rings (SSSR count). The average Bonchev–Trinajstić information content (AvgIpc) is 3.26. The fourth-order valence-corrected chi connectivity index (χ4v) is 3.58. The molecule has 2 aromatic heterocycles. The normalized spacial score (nSPS) is 11.5. The lowest BCUT2D eigenvalue weighted by Gasteiger charge is -2.21. The maximum absolute atomic E-state index is 10.9. The van der Waals surface area contributed by atoms with Crippen molar-refractivity contribution < 1.29 is 14.4 Å². The van der Waals surface area contributed by atoms with E-state index in [4.69, 9.17) is 9.47 Å². The lowest BCUT2D eigenvalue weighted by Crippen LogP contribution is -2.21. The minimum atomic E-state index is -0.413. The van der Waals surface area contributed by atoms with Gasteiger partial charge >= 0.3 is 6.01 Å². The van der Waals surface area contributed by atoms with Gasteiger partial charge < -0.3 is 14.0 Å². The van der Waals surface area contributed by atoms with Crippen LogP contribution in [0.3, 0.4) is 0 Å². The summed E-state index contributed by atoms with van der Waals surface area (Å²) >= 11 is 0. The number of aryl methyl sites for hydroxylation is 1. The second-order valence-corrected chi connectivity index (χ2v) is 9.38. The predicted octanol–water partition coefficient (Wildman–Crippen LogP) is 5.04. The van der Waals surface area contributed by atoms with Crippen molar-refractivity contribution in [2.45, 2.75) is 46.1 Å². The van der Waals surface area contributed by atoms with Crippen molar-refractivity contribution in [2.75, 3.05) is 13.2 Å². The number of imidazole rings is 1. The second-order valence-electron chi connectivity index (χ2n) is 9.38. The van der Waals surface area contributed by atoms with Gasteiger partial charge in [-0.05, 0) is 38.8 Å². The molecule has 0 spiro atoms. The van der Waals surface area contributed by atoms with Gasteiger partial charge in [0.15, 0.2) is 11.2 Å². The number of nitro groups is 1. The Morgan fingerprint density at radius 2 is 1.51 bits per heavy atom. The molecule has 0 amide bonds. The number of ether oxygens (including phenoxy) is 2. The van der Waals surface area contributed by atoms with Gasteiger partial charge in [-0.15, -0.1) is 0 Å². The quantitative estimate of drug-likeness (QED) is 0.247. The monoisotopic (exact) mass is 475 g/mol. The Kier molecular flexibility index (Phi) is 6.95. The number of hydrogen-bond donors (Lipinski definition) is 0. The van der Waals surface area contributed by atoms with Crippen LogP contribution in [0.1, 0.15) is 37.5 Å². The van der Waals surface area contributed by atoms with E-state index >= 15 is 0 Å². The summed E-state index contributed by atoms with van der Waals surface area (Å²) in [4.78, 5) is 24.1. The Labute approximate surface area is 203 Å². The van der Waals surface area contributed by atoms with Crippen LogP contribution in [0.4, 0.5) is 5.69 Å². The Morgan fingerprint density at radius 1 is 0.914 bits per heavy atom. The summed E-state index contributed by atoms with van der Waals surface area (Å²) in [5.74, 6) is 0.352.